The number of aliphatic imine (C=N–C) groups is 1. The van der Waals surface area contributed by atoms with Crippen LogP contribution in [0.2, 0.25) is 0 Å². The molecule has 122 valence electrons. The highest BCUT2D eigenvalue weighted by atomic mass is 19.1. The number of halogens is 1. The highest BCUT2D eigenvalue weighted by Crippen LogP contribution is 2.39. The van der Waals surface area contributed by atoms with Gasteiger partial charge in [0, 0.05) is 42.4 Å². The normalized spacial score (nSPS) is 17.0. The van der Waals surface area contributed by atoms with E-state index in [1.165, 1.54) is 26.2 Å². The number of aliphatic hydroxyl groups excluding tert-OH is 1. The van der Waals surface area contributed by atoms with E-state index in [1.54, 1.807) is 12.1 Å². The summed E-state index contributed by atoms with van der Waals surface area (Å²) in [5, 5.41) is 9.82. The van der Waals surface area contributed by atoms with Gasteiger partial charge in [-0.2, -0.15) is 0 Å². The molecule has 0 fully saturated rings. The summed E-state index contributed by atoms with van der Waals surface area (Å²) in [6.45, 7) is 2.66. The monoisotopic (exact) mass is 328 g/mol. The fourth-order valence-corrected chi connectivity index (χ4v) is 2.59. The van der Waals surface area contributed by atoms with E-state index in [-0.39, 0.29) is 40.3 Å². The first-order valence-corrected chi connectivity index (χ1v) is 7.14. The van der Waals surface area contributed by atoms with Crippen molar-refractivity contribution in [3.05, 3.63) is 64.3 Å². The first-order valence-electron chi connectivity index (χ1n) is 7.14. The van der Waals surface area contributed by atoms with Crippen molar-refractivity contribution < 1.29 is 23.8 Å². The zero-order valence-electron chi connectivity index (χ0n) is 13.0. The molecule has 7 heteroatoms. The molecule has 0 spiro atoms. The zero-order valence-corrected chi connectivity index (χ0v) is 13.0. The van der Waals surface area contributed by atoms with Gasteiger partial charge in [0.05, 0.1) is 5.71 Å². The molecule has 0 unspecified atom stereocenters. The van der Waals surface area contributed by atoms with Crippen LogP contribution in [-0.4, -0.2) is 27.6 Å². The summed E-state index contributed by atoms with van der Waals surface area (Å²) in [4.78, 5) is 32.1. The molecule has 1 N–H and O–H groups in total. The van der Waals surface area contributed by atoms with Gasteiger partial charge in [0.25, 0.3) is 0 Å². The van der Waals surface area contributed by atoms with Gasteiger partial charge < -0.3 is 9.84 Å². The number of ether oxygens (including phenoxy) is 1. The van der Waals surface area contributed by atoms with Crippen molar-refractivity contribution in [2.75, 3.05) is 0 Å². The van der Waals surface area contributed by atoms with Crippen molar-refractivity contribution in [2.24, 2.45) is 4.99 Å². The maximum Gasteiger partial charge on any atom is 0.308 e. The summed E-state index contributed by atoms with van der Waals surface area (Å²) in [5.41, 5.74) is 0.839. The van der Waals surface area contributed by atoms with Gasteiger partial charge >= 0.3 is 5.97 Å². The van der Waals surface area contributed by atoms with Crippen LogP contribution in [0.5, 0.6) is 0 Å². The molecule has 6 nitrogen and oxygen atoms in total. The number of ketones is 1. The van der Waals surface area contributed by atoms with Crippen LogP contribution in [0.15, 0.2) is 63.7 Å². The Labute approximate surface area is 136 Å². The largest absolute Gasteiger partial charge is 0.505 e. The maximum absolute atomic E-state index is 13.8. The molecule has 1 aliphatic heterocycles. The number of esters is 1. The third-order valence-electron chi connectivity index (χ3n) is 3.67. The van der Waals surface area contributed by atoms with Gasteiger partial charge in [0.1, 0.15) is 5.83 Å². The van der Waals surface area contributed by atoms with Gasteiger partial charge in [-0.05, 0) is 19.1 Å². The molecule has 0 saturated heterocycles. The number of Topliss-reactive ketones (excluding diaryl/α,β-unsaturated/α-hetero) is 1. The van der Waals surface area contributed by atoms with E-state index in [0.29, 0.717) is 0 Å². The van der Waals surface area contributed by atoms with E-state index in [1.807, 2.05) is 0 Å². The number of aromatic nitrogens is 1. The summed E-state index contributed by atoms with van der Waals surface area (Å²) in [6.07, 6.45) is 2.61. The lowest BCUT2D eigenvalue weighted by atomic mass is 9.93. The maximum atomic E-state index is 13.8. The van der Waals surface area contributed by atoms with E-state index in [9.17, 15) is 19.1 Å². The highest BCUT2D eigenvalue weighted by Gasteiger charge is 2.37. The standard InChI is InChI=1S/C17H13FN2O4/c1-8-13-12(6-11(18)15(8)22)20-14(17(13)24-9(2)21)16(23)10-4-3-5-19-7-10/h3-5,7,22H,6H2,1-2H3. The van der Waals surface area contributed by atoms with Crippen LogP contribution < -0.4 is 0 Å². The molecule has 2 heterocycles. The molecule has 0 aromatic carbocycles. The van der Waals surface area contributed by atoms with Gasteiger partial charge in [-0.3, -0.25) is 14.6 Å². The summed E-state index contributed by atoms with van der Waals surface area (Å²) < 4.78 is 19.0. The Morgan fingerprint density at radius 2 is 2.12 bits per heavy atom. The van der Waals surface area contributed by atoms with Crippen molar-refractivity contribution in [1.29, 1.82) is 0 Å². The molecule has 0 radical (unpaired) electrons. The van der Waals surface area contributed by atoms with Gasteiger partial charge in [-0.25, -0.2) is 9.38 Å². The van der Waals surface area contributed by atoms with E-state index in [2.05, 4.69) is 9.98 Å². The number of carbonyl (C=O) groups excluding carboxylic acids is 2. The average Bonchev–Trinajstić information content (AvgIpc) is 2.90. The second-order valence-electron chi connectivity index (χ2n) is 5.33. The molecule has 2 aliphatic rings. The molecule has 0 atom stereocenters. The number of aliphatic hydroxyl groups is 1. The van der Waals surface area contributed by atoms with Crippen molar-refractivity contribution in [1.82, 2.24) is 4.98 Å². The predicted octanol–water partition coefficient (Wildman–Crippen LogP) is 2.95. The Bertz CT molecular complexity index is 879. The predicted molar refractivity (Wildman–Crippen MR) is 82.9 cm³/mol. The third-order valence-corrected chi connectivity index (χ3v) is 3.67. The summed E-state index contributed by atoms with van der Waals surface area (Å²) in [7, 11) is 0. The number of allylic oxidation sites excluding steroid dienone is 4. The Morgan fingerprint density at radius 3 is 2.75 bits per heavy atom. The molecule has 0 amide bonds. The smallest absolute Gasteiger partial charge is 0.308 e. The highest BCUT2D eigenvalue weighted by molar-refractivity contribution is 6.19. The van der Waals surface area contributed by atoms with Crippen LogP contribution >= 0.6 is 0 Å². The van der Waals surface area contributed by atoms with E-state index >= 15 is 0 Å². The average molecular weight is 328 g/mol. The first kappa shape index (κ1) is 15.8. The molecule has 1 aromatic rings. The van der Waals surface area contributed by atoms with Crippen molar-refractivity contribution >= 4 is 17.5 Å². The lowest BCUT2D eigenvalue weighted by Gasteiger charge is -2.17. The topological polar surface area (TPSA) is 88.9 Å². The number of fused-ring (bicyclic) bond motifs is 1. The quantitative estimate of drug-likeness (QED) is 0.680. The molecule has 3 rings (SSSR count). The van der Waals surface area contributed by atoms with Gasteiger partial charge in [0.2, 0.25) is 5.78 Å². The second-order valence-corrected chi connectivity index (χ2v) is 5.33. The third kappa shape index (κ3) is 2.54. The van der Waals surface area contributed by atoms with E-state index in [0.717, 1.165) is 0 Å². The van der Waals surface area contributed by atoms with Crippen molar-refractivity contribution in [3.63, 3.8) is 0 Å². The summed E-state index contributed by atoms with van der Waals surface area (Å²) >= 11 is 0. The Hall–Kier alpha value is -3.09. The van der Waals surface area contributed by atoms with Crippen LogP contribution in [0, 0.1) is 0 Å². The van der Waals surface area contributed by atoms with Crippen LogP contribution in [0.25, 0.3) is 0 Å². The van der Waals surface area contributed by atoms with Crippen molar-refractivity contribution in [3.8, 4) is 0 Å². The minimum Gasteiger partial charge on any atom is -0.505 e. The minimum absolute atomic E-state index is 0.0668. The number of carbonyl (C=O) groups is 2. The van der Waals surface area contributed by atoms with Crippen LogP contribution in [0.4, 0.5) is 4.39 Å². The SMILES string of the molecule is CC(=O)OC1=C(C(=O)c2cccnc2)N=C2CC(F)=C(O)C(C)=C21. The summed E-state index contributed by atoms with van der Waals surface area (Å²) in [6, 6.07) is 3.14. The number of rotatable bonds is 3. The van der Waals surface area contributed by atoms with Crippen LogP contribution in [-0.2, 0) is 9.53 Å². The lowest BCUT2D eigenvalue weighted by molar-refractivity contribution is -0.136. The number of nitrogens with zero attached hydrogens (tertiary/aromatic N) is 2. The van der Waals surface area contributed by atoms with E-state index in [4.69, 9.17) is 4.74 Å². The van der Waals surface area contributed by atoms with E-state index < -0.39 is 23.3 Å². The van der Waals surface area contributed by atoms with Gasteiger partial charge in [0.15, 0.2) is 17.2 Å². The Kier molecular flexibility index (Phi) is 3.84. The Balaban J connectivity index is 2.16. The molecule has 24 heavy (non-hydrogen) atoms. The number of pyridine rings is 1. The fraction of sp³-hybridized carbons (Fsp3) is 0.176. The lowest BCUT2D eigenvalue weighted by Crippen LogP contribution is -2.14. The van der Waals surface area contributed by atoms with Crippen molar-refractivity contribution in [2.45, 2.75) is 20.3 Å². The minimum atomic E-state index is -0.743. The van der Waals surface area contributed by atoms with Gasteiger partial charge in [-0.15, -0.1) is 0 Å². The van der Waals surface area contributed by atoms with Crippen LogP contribution in [0.1, 0.15) is 30.6 Å². The zero-order chi connectivity index (χ0) is 17.4. The molecular formula is C17H13FN2O4. The molecule has 0 bridgehead atoms. The summed E-state index contributed by atoms with van der Waals surface area (Å²) in [5.74, 6) is -2.48. The molecule has 1 aromatic heterocycles. The first-order chi connectivity index (χ1) is 11.4. The number of hydrogen-bond acceptors (Lipinski definition) is 6. The molecular weight excluding hydrogens is 315 g/mol. The molecule has 0 saturated carbocycles. The number of hydrogen-bond donors (Lipinski definition) is 1. The molecule has 1 aliphatic carbocycles. The van der Waals surface area contributed by atoms with Crippen LogP contribution in [0.3, 0.4) is 0 Å². The van der Waals surface area contributed by atoms with Gasteiger partial charge in [-0.1, -0.05) is 0 Å². The fourth-order valence-electron chi connectivity index (χ4n) is 2.59. The second kappa shape index (κ2) is 5.84. The Morgan fingerprint density at radius 1 is 1.38 bits per heavy atom.